The second-order valence-electron chi connectivity index (χ2n) is 4.35. The van der Waals surface area contributed by atoms with E-state index in [1.165, 1.54) is 16.2 Å². The molecular weight excluding hydrogens is 306 g/mol. The Kier molecular flexibility index (Phi) is 5.16. The Morgan fingerprint density at radius 1 is 1.19 bits per heavy atom. The second-order valence-corrected chi connectivity index (χ2v) is 5.78. The highest BCUT2D eigenvalue weighted by atomic mass is 35.5. The standard InChI is InChI=1S/C15H12ClN3OS/c16-13-11-5-1-2-6-12(11)21-14(13)15(20)19(9-3-7-17)10-4-8-18/h1-2,5-6H,3-4,9-10H2. The van der Waals surface area contributed by atoms with Crippen molar-refractivity contribution in [2.24, 2.45) is 0 Å². The number of carbonyl (C=O) groups is 1. The van der Waals surface area contributed by atoms with Gasteiger partial charge in [-0.1, -0.05) is 29.8 Å². The third-order valence-corrected chi connectivity index (χ3v) is 4.67. The van der Waals surface area contributed by atoms with E-state index < -0.39 is 0 Å². The predicted molar refractivity (Wildman–Crippen MR) is 83.2 cm³/mol. The summed E-state index contributed by atoms with van der Waals surface area (Å²) < 4.78 is 0.950. The van der Waals surface area contributed by atoms with Crippen molar-refractivity contribution in [1.29, 1.82) is 10.5 Å². The van der Waals surface area contributed by atoms with Crippen LogP contribution in [0.3, 0.4) is 0 Å². The molecule has 0 atom stereocenters. The molecule has 0 N–H and O–H groups in total. The number of halogens is 1. The topological polar surface area (TPSA) is 67.9 Å². The number of carbonyl (C=O) groups excluding carboxylic acids is 1. The van der Waals surface area contributed by atoms with Crippen LogP contribution >= 0.6 is 22.9 Å². The summed E-state index contributed by atoms with van der Waals surface area (Å²) in [6.07, 6.45) is 0.472. The Bertz CT molecular complexity index is 723. The van der Waals surface area contributed by atoms with E-state index in [1.54, 1.807) is 0 Å². The van der Waals surface area contributed by atoms with E-state index in [0.717, 1.165) is 10.1 Å². The monoisotopic (exact) mass is 317 g/mol. The molecule has 0 unspecified atom stereocenters. The minimum Gasteiger partial charge on any atom is -0.336 e. The van der Waals surface area contributed by atoms with Crippen LogP contribution in [-0.4, -0.2) is 23.9 Å². The van der Waals surface area contributed by atoms with Gasteiger partial charge >= 0.3 is 0 Å². The number of thiophene rings is 1. The number of benzene rings is 1. The number of hydrogen-bond acceptors (Lipinski definition) is 4. The van der Waals surface area contributed by atoms with Gasteiger partial charge in [0.2, 0.25) is 0 Å². The summed E-state index contributed by atoms with van der Waals surface area (Å²) >= 11 is 7.64. The summed E-state index contributed by atoms with van der Waals surface area (Å²) in [5, 5.41) is 18.7. The van der Waals surface area contributed by atoms with Gasteiger partial charge in [-0.3, -0.25) is 4.79 Å². The lowest BCUT2D eigenvalue weighted by molar-refractivity contribution is 0.0767. The van der Waals surface area contributed by atoms with Gasteiger partial charge in [-0.15, -0.1) is 11.3 Å². The average molecular weight is 318 g/mol. The molecule has 2 aromatic rings. The van der Waals surface area contributed by atoms with E-state index >= 15 is 0 Å². The molecule has 0 radical (unpaired) electrons. The fourth-order valence-electron chi connectivity index (χ4n) is 1.98. The van der Waals surface area contributed by atoms with Gasteiger partial charge in [0.1, 0.15) is 4.88 Å². The lowest BCUT2D eigenvalue weighted by Crippen LogP contribution is -2.32. The summed E-state index contributed by atoms with van der Waals surface area (Å²) in [4.78, 5) is 14.6. The zero-order valence-electron chi connectivity index (χ0n) is 11.2. The Balaban J connectivity index is 2.32. The number of rotatable bonds is 5. The Morgan fingerprint density at radius 2 is 1.81 bits per heavy atom. The van der Waals surface area contributed by atoms with Gasteiger partial charge in [-0.05, 0) is 6.07 Å². The molecular formula is C15H12ClN3OS. The number of amides is 1. The van der Waals surface area contributed by atoms with Crippen LogP contribution in [0, 0.1) is 22.7 Å². The van der Waals surface area contributed by atoms with Crippen LogP contribution in [0.4, 0.5) is 0 Å². The Hall–Kier alpha value is -2.08. The lowest BCUT2D eigenvalue weighted by Gasteiger charge is -2.19. The molecule has 0 saturated carbocycles. The molecule has 0 aliphatic heterocycles. The Morgan fingerprint density at radius 3 is 2.38 bits per heavy atom. The number of hydrogen-bond donors (Lipinski definition) is 0. The molecule has 1 aromatic heterocycles. The van der Waals surface area contributed by atoms with Gasteiger partial charge in [-0.25, -0.2) is 0 Å². The largest absolute Gasteiger partial charge is 0.336 e. The fraction of sp³-hybridized carbons (Fsp3) is 0.267. The van der Waals surface area contributed by atoms with Crippen molar-refractivity contribution in [2.45, 2.75) is 12.8 Å². The molecule has 1 heterocycles. The van der Waals surface area contributed by atoms with E-state index in [1.807, 2.05) is 36.4 Å². The van der Waals surface area contributed by atoms with Gasteiger partial charge in [0.25, 0.3) is 5.91 Å². The zero-order valence-corrected chi connectivity index (χ0v) is 12.7. The minimum atomic E-state index is -0.216. The molecule has 0 aliphatic rings. The molecule has 0 fully saturated rings. The maximum atomic E-state index is 12.6. The Labute approximate surface area is 131 Å². The van der Waals surface area contributed by atoms with Crippen LogP contribution in [0.15, 0.2) is 24.3 Å². The van der Waals surface area contributed by atoms with Gasteiger partial charge in [0, 0.05) is 23.2 Å². The first-order valence-electron chi connectivity index (χ1n) is 6.39. The third kappa shape index (κ3) is 3.33. The molecule has 0 aliphatic carbocycles. The van der Waals surface area contributed by atoms with E-state index in [-0.39, 0.29) is 18.7 Å². The first kappa shape index (κ1) is 15.3. The third-order valence-electron chi connectivity index (χ3n) is 3.00. The molecule has 0 bridgehead atoms. The molecule has 4 nitrogen and oxygen atoms in total. The summed E-state index contributed by atoms with van der Waals surface area (Å²) in [6.45, 7) is 0.614. The summed E-state index contributed by atoms with van der Waals surface area (Å²) in [6, 6.07) is 11.6. The molecule has 1 amide bonds. The van der Waals surface area contributed by atoms with Crippen LogP contribution < -0.4 is 0 Å². The molecule has 106 valence electrons. The van der Waals surface area contributed by atoms with E-state index in [4.69, 9.17) is 22.1 Å². The van der Waals surface area contributed by atoms with Gasteiger partial charge < -0.3 is 4.90 Å². The van der Waals surface area contributed by atoms with Crippen LogP contribution in [-0.2, 0) is 0 Å². The van der Waals surface area contributed by atoms with Crippen LogP contribution in [0.2, 0.25) is 5.02 Å². The smallest absolute Gasteiger partial charge is 0.265 e. The van der Waals surface area contributed by atoms with E-state index in [0.29, 0.717) is 23.0 Å². The van der Waals surface area contributed by atoms with Gasteiger partial charge in [-0.2, -0.15) is 10.5 Å². The first-order chi connectivity index (χ1) is 10.2. The maximum absolute atomic E-state index is 12.6. The average Bonchev–Trinajstić information content (AvgIpc) is 2.84. The molecule has 1 aromatic carbocycles. The van der Waals surface area contributed by atoms with Crippen LogP contribution in [0.25, 0.3) is 10.1 Å². The number of fused-ring (bicyclic) bond motifs is 1. The van der Waals surface area contributed by atoms with Crippen LogP contribution in [0.1, 0.15) is 22.5 Å². The lowest BCUT2D eigenvalue weighted by atomic mass is 10.2. The van der Waals surface area contributed by atoms with Crippen molar-refractivity contribution in [2.75, 3.05) is 13.1 Å². The zero-order chi connectivity index (χ0) is 15.2. The van der Waals surface area contributed by atoms with Crippen LogP contribution in [0.5, 0.6) is 0 Å². The summed E-state index contributed by atoms with van der Waals surface area (Å²) in [7, 11) is 0. The van der Waals surface area contributed by atoms with Crippen molar-refractivity contribution >= 4 is 38.9 Å². The number of nitriles is 2. The van der Waals surface area contributed by atoms with E-state index in [9.17, 15) is 4.79 Å². The summed E-state index contributed by atoms with van der Waals surface area (Å²) in [5.74, 6) is -0.216. The second kappa shape index (κ2) is 7.08. The van der Waals surface area contributed by atoms with Crippen molar-refractivity contribution < 1.29 is 4.79 Å². The first-order valence-corrected chi connectivity index (χ1v) is 7.58. The summed E-state index contributed by atoms with van der Waals surface area (Å²) in [5.41, 5.74) is 0. The van der Waals surface area contributed by atoms with Crippen molar-refractivity contribution in [3.05, 3.63) is 34.2 Å². The normalized spacial score (nSPS) is 10.0. The SMILES string of the molecule is N#CCCN(CCC#N)C(=O)c1sc2ccccc2c1Cl. The van der Waals surface area contributed by atoms with Crippen molar-refractivity contribution in [1.82, 2.24) is 4.90 Å². The maximum Gasteiger partial charge on any atom is 0.265 e. The van der Waals surface area contributed by atoms with Crippen molar-refractivity contribution in [3.63, 3.8) is 0 Å². The highest BCUT2D eigenvalue weighted by Crippen LogP contribution is 2.35. The van der Waals surface area contributed by atoms with Crippen molar-refractivity contribution in [3.8, 4) is 12.1 Å². The van der Waals surface area contributed by atoms with Gasteiger partial charge in [0.05, 0.1) is 30.0 Å². The minimum absolute atomic E-state index is 0.216. The molecule has 0 spiro atoms. The highest BCUT2D eigenvalue weighted by Gasteiger charge is 2.22. The molecule has 21 heavy (non-hydrogen) atoms. The highest BCUT2D eigenvalue weighted by molar-refractivity contribution is 7.21. The molecule has 2 rings (SSSR count). The number of nitrogens with zero attached hydrogens (tertiary/aromatic N) is 3. The quantitative estimate of drug-likeness (QED) is 0.841. The fourth-order valence-corrected chi connectivity index (χ4v) is 3.46. The predicted octanol–water partition coefficient (Wildman–Crippen LogP) is 3.82. The molecule has 6 heteroatoms. The molecule has 0 saturated heterocycles. The van der Waals surface area contributed by atoms with E-state index in [2.05, 4.69) is 0 Å². The van der Waals surface area contributed by atoms with Gasteiger partial charge in [0.15, 0.2) is 0 Å².